The number of benzene rings is 1. The van der Waals surface area contributed by atoms with Crippen LogP contribution in [-0.2, 0) is 12.0 Å². The van der Waals surface area contributed by atoms with Crippen molar-refractivity contribution in [2.24, 2.45) is 5.92 Å². The lowest BCUT2D eigenvalue weighted by Gasteiger charge is -2.26. The van der Waals surface area contributed by atoms with Crippen molar-refractivity contribution in [1.82, 2.24) is 14.3 Å². The number of anilines is 1. The molecule has 0 spiro atoms. The van der Waals surface area contributed by atoms with E-state index in [0.29, 0.717) is 13.1 Å². The van der Waals surface area contributed by atoms with Crippen molar-refractivity contribution in [1.29, 1.82) is 0 Å². The third-order valence-corrected chi connectivity index (χ3v) is 8.41. The molecule has 2 aliphatic rings. The summed E-state index contributed by atoms with van der Waals surface area (Å²) in [6, 6.07) is 13.4. The minimum absolute atomic E-state index is 0.0682. The van der Waals surface area contributed by atoms with E-state index in [2.05, 4.69) is 110 Å². The molecule has 2 aromatic heterocycles. The maximum absolute atomic E-state index is 9.50. The smallest absolute Gasteiger partial charge is 0.137 e. The molecule has 0 radical (unpaired) electrons. The lowest BCUT2D eigenvalue weighted by molar-refractivity contribution is 0.337. The molecule has 0 saturated heterocycles. The second-order valence-corrected chi connectivity index (χ2v) is 11.5. The number of aryl methyl sites for hydroxylation is 2. The summed E-state index contributed by atoms with van der Waals surface area (Å²) < 4.78 is 11.9. The highest BCUT2D eigenvalue weighted by Gasteiger charge is 2.55. The van der Waals surface area contributed by atoms with Gasteiger partial charge in [-0.25, -0.2) is 4.98 Å². The van der Waals surface area contributed by atoms with E-state index in [4.69, 9.17) is 4.98 Å². The number of aromatic nitrogens is 2. The van der Waals surface area contributed by atoms with Gasteiger partial charge in [-0.05, 0) is 63.1 Å². The van der Waals surface area contributed by atoms with Gasteiger partial charge in [-0.3, -0.25) is 4.39 Å². The molecular weight excluding hydrogens is 519 g/mol. The SMILES string of the molecule is CC.CCCCN(Cc1cccc(C)c1)c1ccc2nc(C)c(C34C=CCC(N(CCC)CCC)=CC3C4)n2c1.CF. The normalized spacial score (nSPS) is 18.6. The molecule has 5 rings (SSSR count). The number of hydrogen-bond donors (Lipinski definition) is 0. The molecule has 2 aliphatic carbocycles. The highest BCUT2D eigenvalue weighted by molar-refractivity contribution is 5.57. The number of pyridine rings is 1. The van der Waals surface area contributed by atoms with Gasteiger partial charge in [0.25, 0.3) is 0 Å². The minimum Gasteiger partial charge on any atom is -0.375 e. The molecule has 1 saturated carbocycles. The zero-order valence-corrected chi connectivity index (χ0v) is 27.6. The van der Waals surface area contributed by atoms with Gasteiger partial charge in [0, 0.05) is 49.9 Å². The highest BCUT2D eigenvalue weighted by Crippen LogP contribution is 2.58. The molecule has 0 aliphatic heterocycles. The summed E-state index contributed by atoms with van der Waals surface area (Å²) >= 11 is 0. The molecule has 3 aromatic rings. The van der Waals surface area contributed by atoms with E-state index < -0.39 is 0 Å². The van der Waals surface area contributed by atoms with Crippen LogP contribution >= 0.6 is 0 Å². The van der Waals surface area contributed by atoms with Gasteiger partial charge in [-0.2, -0.15) is 0 Å². The molecule has 4 nitrogen and oxygen atoms in total. The van der Waals surface area contributed by atoms with Crippen LogP contribution in [0.1, 0.15) is 95.7 Å². The lowest BCUT2D eigenvalue weighted by Crippen LogP contribution is -2.24. The maximum atomic E-state index is 9.50. The van der Waals surface area contributed by atoms with Crippen LogP contribution < -0.4 is 4.90 Å². The van der Waals surface area contributed by atoms with Crippen LogP contribution in [0.25, 0.3) is 5.65 Å². The van der Waals surface area contributed by atoms with Gasteiger partial charge in [0.05, 0.1) is 24.3 Å². The zero-order valence-electron chi connectivity index (χ0n) is 27.6. The first-order chi connectivity index (χ1) is 20.5. The topological polar surface area (TPSA) is 23.8 Å². The molecule has 1 aromatic carbocycles. The predicted octanol–water partition coefficient (Wildman–Crippen LogP) is 9.59. The van der Waals surface area contributed by atoms with Crippen LogP contribution in [0.15, 0.2) is 66.5 Å². The van der Waals surface area contributed by atoms with E-state index in [1.54, 1.807) is 0 Å². The largest absolute Gasteiger partial charge is 0.375 e. The molecule has 0 amide bonds. The Morgan fingerprint density at radius 1 is 0.952 bits per heavy atom. The van der Waals surface area contributed by atoms with E-state index in [0.717, 1.165) is 38.2 Å². The number of hydrogen-bond acceptors (Lipinski definition) is 3. The molecule has 2 atom stereocenters. The summed E-state index contributed by atoms with van der Waals surface area (Å²) in [5.74, 6) is 0.554. The average molecular weight is 575 g/mol. The van der Waals surface area contributed by atoms with Crippen LogP contribution in [0.2, 0.25) is 0 Å². The second-order valence-electron chi connectivity index (χ2n) is 11.5. The molecule has 5 heteroatoms. The maximum Gasteiger partial charge on any atom is 0.137 e. The molecule has 2 unspecified atom stereocenters. The Hall–Kier alpha value is -3.08. The Balaban J connectivity index is 0.00000116. The molecule has 2 heterocycles. The fraction of sp³-hybridized carbons (Fsp3) is 0.541. The van der Waals surface area contributed by atoms with Crippen molar-refractivity contribution in [3.8, 4) is 0 Å². The summed E-state index contributed by atoms with van der Waals surface area (Å²) in [5.41, 5.74) is 9.18. The number of alkyl halides is 1. The molecule has 0 bridgehead atoms. The van der Waals surface area contributed by atoms with Crippen molar-refractivity contribution < 1.29 is 4.39 Å². The summed E-state index contributed by atoms with van der Waals surface area (Å²) in [4.78, 5) is 10.2. The number of halogens is 1. The Labute approximate surface area is 255 Å². The summed E-state index contributed by atoms with van der Waals surface area (Å²) in [5, 5.41) is 0. The first-order valence-corrected chi connectivity index (χ1v) is 16.3. The molecule has 230 valence electrons. The number of nitrogens with zero attached hydrogens (tertiary/aromatic N) is 4. The third kappa shape index (κ3) is 7.46. The summed E-state index contributed by atoms with van der Waals surface area (Å²) in [7, 11) is 0.500. The standard InChI is InChI=1S/C34H46N4.C2H6.CH3F/c1-6-9-20-37(24-28-13-10-12-26(4)21-28)31-15-16-32-35-27(5)33(38(32)25-31)34-17-11-14-30(22-29(34)23-34)36(18-7-2)19-8-3;2*1-2/h10-13,15-17,21-22,25,29H,6-9,14,18-20,23-24H2,1-5H3;1-2H3;1H3. The Morgan fingerprint density at radius 3 is 2.36 bits per heavy atom. The molecule has 1 fully saturated rings. The Kier molecular flexibility index (Phi) is 12.7. The van der Waals surface area contributed by atoms with E-state index in [1.165, 1.54) is 66.0 Å². The van der Waals surface area contributed by atoms with Gasteiger partial charge in [0.2, 0.25) is 0 Å². The number of imidazole rings is 1. The average Bonchev–Trinajstić information content (AvgIpc) is 3.62. The summed E-state index contributed by atoms with van der Waals surface area (Å²) in [6.45, 7) is 19.5. The van der Waals surface area contributed by atoms with E-state index >= 15 is 0 Å². The van der Waals surface area contributed by atoms with E-state index in [-0.39, 0.29) is 5.41 Å². The van der Waals surface area contributed by atoms with Gasteiger partial charge in [0.1, 0.15) is 5.65 Å². The second kappa shape index (κ2) is 16.0. The monoisotopic (exact) mass is 574 g/mol. The highest BCUT2D eigenvalue weighted by atomic mass is 19.1. The van der Waals surface area contributed by atoms with Crippen LogP contribution in [0, 0.1) is 19.8 Å². The van der Waals surface area contributed by atoms with Crippen molar-refractivity contribution in [2.75, 3.05) is 31.7 Å². The van der Waals surface area contributed by atoms with E-state index in [9.17, 15) is 4.39 Å². The van der Waals surface area contributed by atoms with Gasteiger partial charge >= 0.3 is 0 Å². The molecule has 42 heavy (non-hydrogen) atoms. The lowest BCUT2D eigenvalue weighted by atomic mass is 9.97. The van der Waals surface area contributed by atoms with Gasteiger partial charge in [-0.1, -0.05) is 89.1 Å². The van der Waals surface area contributed by atoms with Crippen LogP contribution in [-0.4, -0.2) is 41.1 Å². The van der Waals surface area contributed by atoms with E-state index in [1.807, 2.05) is 13.8 Å². The van der Waals surface area contributed by atoms with Crippen LogP contribution in [0.4, 0.5) is 10.1 Å². The number of fused-ring (bicyclic) bond motifs is 2. The van der Waals surface area contributed by atoms with Crippen molar-refractivity contribution in [2.45, 2.75) is 99.0 Å². The quantitative estimate of drug-likeness (QED) is 0.201. The first-order valence-electron chi connectivity index (χ1n) is 16.3. The van der Waals surface area contributed by atoms with Gasteiger partial charge in [0.15, 0.2) is 0 Å². The zero-order chi connectivity index (χ0) is 30.7. The van der Waals surface area contributed by atoms with Crippen molar-refractivity contribution in [3.05, 3.63) is 89.0 Å². The molecular formula is C37H55FN4. The molecule has 0 N–H and O–H groups in total. The van der Waals surface area contributed by atoms with Crippen molar-refractivity contribution >= 4 is 11.3 Å². The minimum atomic E-state index is 0.0682. The predicted molar refractivity (Wildman–Crippen MR) is 179 cm³/mol. The Bertz CT molecular complexity index is 1320. The fourth-order valence-corrected chi connectivity index (χ4v) is 6.50. The Morgan fingerprint density at radius 2 is 1.69 bits per heavy atom. The van der Waals surface area contributed by atoms with Gasteiger partial charge in [-0.15, -0.1) is 0 Å². The third-order valence-electron chi connectivity index (χ3n) is 8.41. The number of rotatable bonds is 12. The fourth-order valence-electron chi connectivity index (χ4n) is 6.50. The summed E-state index contributed by atoms with van der Waals surface area (Å²) in [6.07, 6.45) is 16.9. The number of allylic oxidation sites excluding steroid dienone is 3. The van der Waals surface area contributed by atoms with Crippen LogP contribution in [0.5, 0.6) is 0 Å². The van der Waals surface area contributed by atoms with Crippen molar-refractivity contribution in [3.63, 3.8) is 0 Å². The van der Waals surface area contributed by atoms with Crippen LogP contribution in [0.3, 0.4) is 0 Å². The first kappa shape index (κ1) is 33.4. The number of unbranched alkanes of at least 4 members (excludes halogenated alkanes) is 1. The van der Waals surface area contributed by atoms with Gasteiger partial charge < -0.3 is 14.2 Å².